The van der Waals surface area contributed by atoms with Crippen LogP contribution in [0.2, 0.25) is 0 Å². The van der Waals surface area contributed by atoms with Crippen molar-refractivity contribution in [3.8, 4) is 0 Å². The van der Waals surface area contributed by atoms with Crippen molar-refractivity contribution in [3.63, 3.8) is 0 Å². The number of hydrogen-bond donors (Lipinski definition) is 2. The van der Waals surface area contributed by atoms with Gasteiger partial charge in [-0.25, -0.2) is 4.98 Å². The van der Waals surface area contributed by atoms with Crippen LogP contribution in [-0.4, -0.2) is 20.1 Å². The standard InChI is InChI=1S/C10H9N5O2S/c16-10-9-6(1-2-18-9)13-8(14-10)4-11-3-7-12-5-17-15-7/h1-2,5,11H,3-4H2,(H,13,14,16). The first-order chi connectivity index (χ1) is 8.83. The number of aromatic nitrogens is 4. The minimum Gasteiger partial charge on any atom is -0.343 e. The molecule has 0 radical (unpaired) electrons. The molecule has 0 saturated carbocycles. The van der Waals surface area contributed by atoms with E-state index in [0.29, 0.717) is 29.4 Å². The zero-order chi connectivity index (χ0) is 12.4. The molecule has 0 aliphatic rings. The van der Waals surface area contributed by atoms with E-state index in [4.69, 9.17) is 0 Å². The Morgan fingerprint density at radius 3 is 3.22 bits per heavy atom. The topological polar surface area (TPSA) is 96.7 Å². The Hall–Kier alpha value is -2.06. The fraction of sp³-hybridized carbons (Fsp3) is 0.200. The van der Waals surface area contributed by atoms with Gasteiger partial charge in [0.15, 0.2) is 5.82 Å². The summed E-state index contributed by atoms with van der Waals surface area (Å²) in [6, 6.07) is 1.83. The smallest absolute Gasteiger partial charge is 0.268 e. The molecule has 0 unspecified atom stereocenters. The molecule has 3 heterocycles. The van der Waals surface area contributed by atoms with Gasteiger partial charge in [-0.1, -0.05) is 5.16 Å². The number of nitrogens with zero attached hydrogens (tertiary/aromatic N) is 3. The number of thiophene rings is 1. The maximum atomic E-state index is 11.7. The van der Waals surface area contributed by atoms with Crippen molar-refractivity contribution in [2.24, 2.45) is 0 Å². The Labute approximate surface area is 105 Å². The highest BCUT2D eigenvalue weighted by molar-refractivity contribution is 7.17. The van der Waals surface area contributed by atoms with Gasteiger partial charge in [-0.2, -0.15) is 4.98 Å². The lowest BCUT2D eigenvalue weighted by Crippen LogP contribution is -2.19. The molecule has 0 atom stereocenters. The van der Waals surface area contributed by atoms with Crippen LogP contribution in [0.3, 0.4) is 0 Å². The van der Waals surface area contributed by atoms with E-state index >= 15 is 0 Å². The summed E-state index contributed by atoms with van der Waals surface area (Å²) >= 11 is 1.39. The molecule has 3 aromatic heterocycles. The molecule has 0 amide bonds. The molecule has 3 rings (SSSR count). The van der Waals surface area contributed by atoms with Gasteiger partial charge in [0.1, 0.15) is 10.5 Å². The highest BCUT2D eigenvalue weighted by atomic mass is 32.1. The predicted molar refractivity (Wildman–Crippen MR) is 65.1 cm³/mol. The van der Waals surface area contributed by atoms with Crippen LogP contribution in [0.5, 0.6) is 0 Å². The van der Waals surface area contributed by atoms with Gasteiger partial charge in [-0.15, -0.1) is 11.3 Å². The van der Waals surface area contributed by atoms with Gasteiger partial charge in [-0.05, 0) is 11.4 Å². The van der Waals surface area contributed by atoms with Gasteiger partial charge in [-0.3, -0.25) is 4.79 Å². The molecular formula is C10H9N5O2S. The van der Waals surface area contributed by atoms with E-state index in [2.05, 4.69) is 29.9 Å². The molecule has 2 N–H and O–H groups in total. The molecule has 7 nitrogen and oxygen atoms in total. The Balaban J connectivity index is 1.72. The van der Waals surface area contributed by atoms with E-state index in [0.717, 1.165) is 5.52 Å². The summed E-state index contributed by atoms with van der Waals surface area (Å²) in [5.74, 6) is 1.16. The van der Waals surface area contributed by atoms with E-state index in [1.165, 1.54) is 17.7 Å². The van der Waals surface area contributed by atoms with Crippen LogP contribution in [0.15, 0.2) is 27.2 Å². The van der Waals surface area contributed by atoms with Crippen molar-refractivity contribution in [1.29, 1.82) is 0 Å². The van der Waals surface area contributed by atoms with Crippen molar-refractivity contribution < 1.29 is 4.52 Å². The molecule has 0 aliphatic carbocycles. The average molecular weight is 263 g/mol. The summed E-state index contributed by atoms with van der Waals surface area (Å²) in [5, 5.41) is 8.59. The number of H-pyrrole nitrogens is 1. The highest BCUT2D eigenvalue weighted by Crippen LogP contribution is 2.13. The Bertz CT molecular complexity index is 702. The number of hydrogen-bond acceptors (Lipinski definition) is 7. The average Bonchev–Trinajstić information content (AvgIpc) is 2.99. The van der Waals surface area contributed by atoms with Crippen LogP contribution in [0.1, 0.15) is 11.6 Å². The van der Waals surface area contributed by atoms with Gasteiger partial charge in [0.05, 0.1) is 18.6 Å². The molecular weight excluding hydrogens is 254 g/mol. The molecule has 8 heteroatoms. The third kappa shape index (κ3) is 2.15. The number of fused-ring (bicyclic) bond motifs is 1. The van der Waals surface area contributed by atoms with Crippen LogP contribution in [0.4, 0.5) is 0 Å². The van der Waals surface area contributed by atoms with Gasteiger partial charge in [0, 0.05) is 0 Å². The van der Waals surface area contributed by atoms with Crippen molar-refractivity contribution in [2.75, 3.05) is 0 Å². The summed E-state index contributed by atoms with van der Waals surface area (Å²) in [6.45, 7) is 0.900. The van der Waals surface area contributed by atoms with Crippen LogP contribution in [0, 0.1) is 0 Å². The van der Waals surface area contributed by atoms with Crippen molar-refractivity contribution in [3.05, 3.63) is 39.8 Å². The van der Waals surface area contributed by atoms with E-state index in [1.54, 1.807) is 0 Å². The molecule has 0 fully saturated rings. The molecule has 18 heavy (non-hydrogen) atoms. The molecule has 0 saturated heterocycles. The minimum absolute atomic E-state index is 0.105. The Morgan fingerprint density at radius 2 is 2.39 bits per heavy atom. The lowest BCUT2D eigenvalue weighted by molar-refractivity contribution is 0.407. The Morgan fingerprint density at radius 1 is 1.44 bits per heavy atom. The zero-order valence-electron chi connectivity index (χ0n) is 9.21. The van der Waals surface area contributed by atoms with E-state index in [-0.39, 0.29) is 5.56 Å². The molecule has 0 aliphatic heterocycles. The summed E-state index contributed by atoms with van der Waals surface area (Å²) in [4.78, 5) is 22.7. The van der Waals surface area contributed by atoms with Crippen LogP contribution >= 0.6 is 11.3 Å². The van der Waals surface area contributed by atoms with Crippen LogP contribution in [0.25, 0.3) is 10.2 Å². The van der Waals surface area contributed by atoms with Crippen LogP contribution < -0.4 is 10.9 Å². The predicted octanol–water partition coefficient (Wildman–Crippen LogP) is 0.657. The maximum Gasteiger partial charge on any atom is 0.268 e. The van der Waals surface area contributed by atoms with Gasteiger partial charge >= 0.3 is 0 Å². The number of rotatable bonds is 4. The highest BCUT2D eigenvalue weighted by Gasteiger charge is 2.05. The molecule has 0 aromatic carbocycles. The Kier molecular flexibility index (Phi) is 2.87. The van der Waals surface area contributed by atoms with E-state index in [9.17, 15) is 4.79 Å². The summed E-state index contributed by atoms with van der Waals surface area (Å²) < 4.78 is 5.26. The number of aromatic amines is 1. The molecule has 3 aromatic rings. The van der Waals surface area contributed by atoms with Gasteiger partial charge in [0.25, 0.3) is 5.56 Å². The SMILES string of the molecule is O=c1[nH]c(CNCc2ncon2)nc2ccsc12. The largest absolute Gasteiger partial charge is 0.343 e. The lowest BCUT2D eigenvalue weighted by Gasteiger charge is -2.01. The summed E-state index contributed by atoms with van der Waals surface area (Å²) in [6.07, 6.45) is 1.27. The maximum absolute atomic E-state index is 11.7. The second-order valence-electron chi connectivity index (χ2n) is 3.60. The van der Waals surface area contributed by atoms with E-state index < -0.39 is 0 Å². The quantitative estimate of drug-likeness (QED) is 0.717. The summed E-state index contributed by atoms with van der Waals surface area (Å²) in [7, 11) is 0. The molecule has 0 spiro atoms. The third-order valence-electron chi connectivity index (χ3n) is 2.35. The first kappa shape index (κ1) is 11.1. The zero-order valence-corrected chi connectivity index (χ0v) is 10.0. The van der Waals surface area contributed by atoms with Gasteiger partial charge in [0.2, 0.25) is 6.39 Å². The second-order valence-corrected chi connectivity index (χ2v) is 4.51. The van der Waals surface area contributed by atoms with Crippen molar-refractivity contribution in [1.82, 2.24) is 25.4 Å². The lowest BCUT2D eigenvalue weighted by atomic mass is 10.4. The van der Waals surface area contributed by atoms with Crippen molar-refractivity contribution >= 4 is 21.6 Å². The first-order valence-electron chi connectivity index (χ1n) is 5.25. The fourth-order valence-electron chi connectivity index (χ4n) is 1.57. The normalized spacial score (nSPS) is 11.1. The fourth-order valence-corrected chi connectivity index (χ4v) is 2.29. The summed E-state index contributed by atoms with van der Waals surface area (Å²) in [5.41, 5.74) is 0.617. The first-order valence-corrected chi connectivity index (χ1v) is 6.13. The van der Waals surface area contributed by atoms with Crippen molar-refractivity contribution in [2.45, 2.75) is 13.1 Å². The minimum atomic E-state index is -0.105. The third-order valence-corrected chi connectivity index (χ3v) is 3.25. The van der Waals surface area contributed by atoms with Gasteiger partial charge < -0.3 is 14.8 Å². The number of nitrogens with one attached hydrogen (secondary N) is 2. The monoisotopic (exact) mass is 263 g/mol. The molecule has 92 valence electrons. The molecule has 0 bridgehead atoms. The van der Waals surface area contributed by atoms with Crippen LogP contribution in [-0.2, 0) is 13.1 Å². The second kappa shape index (κ2) is 4.67. The van der Waals surface area contributed by atoms with E-state index in [1.807, 2.05) is 11.4 Å².